The van der Waals surface area contributed by atoms with Crippen molar-refractivity contribution in [3.63, 3.8) is 0 Å². The number of nitrogens with two attached hydrogens (primary N) is 1. The molecule has 2 rings (SSSR count). The molecule has 21 heavy (non-hydrogen) atoms. The molecule has 0 radical (unpaired) electrons. The van der Waals surface area contributed by atoms with Gasteiger partial charge in [0.2, 0.25) is 0 Å². The number of aromatic nitrogens is 2. The van der Waals surface area contributed by atoms with Gasteiger partial charge in [-0.15, -0.1) is 0 Å². The van der Waals surface area contributed by atoms with Crippen LogP contribution in [0.3, 0.4) is 0 Å². The summed E-state index contributed by atoms with van der Waals surface area (Å²) in [5, 5.41) is 3.33. The van der Waals surface area contributed by atoms with Gasteiger partial charge in [-0.05, 0) is 31.0 Å². The fraction of sp³-hybridized carbons (Fsp3) is 0.375. The van der Waals surface area contributed by atoms with Gasteiger partial charge in [0, 0.05) is 18.5 Å². The molecule has 0 saturated heterocycles. The highest BCUT2D eigenvalue weighted by Gasteiger charge is 2.08. The van der Waals surface area contributed by atoms with E-state index in [1.54, 1.807) is 7.11 Å². The van der Waals surface area contributed by atoms with E-state index in [0.29, 0.717) is 12.4 Å². The van der Waals surface area contributed by atoms with Crippen LogP contribution >= 0.6 is 0 Å². The molecule has 5 nitrogen and oxygen atoms in total. The first-order valence-corrected chi connectivity index (χ1v) is 7.13. The highest BCUT2D eigenvalue weighted by atomic mass is 16.5. The molecule has 0 atom stereocenters. The second-order valence-electron chi connectivity index (χ2n) is 4.95. The summed E-state index contributed by atoms with van der Waals surface area (Å²) in [6, 6.07) is 7.94. The van der Waals surface area contributed by atoms with Crippen LogP contribution in [0.25, 0.3) is 0 Å². The minimum atomic E-state index is 0.547. The number of nitrogens with one attached hydrogen (secondary N) is 1. The van der Waals surface area contributed by atoms with Gasteiger partial charge in [-0.1, -0.05) is 19.1 Å². The number of aryl methyl sites for hydroxylation is 1. The van der Waals surface area contributed by atoms with Gasteiger partial charge < -0.3 is 15.8 Å². The van der Waals surface area contributed by atoms with Crippen LogP contribution in [-0.4, -0.2) is 17.1 Å². The van der Waals surface area contributed by atoms with Crippen molar-refractivity contribution >= 4 is 11.6 Å². The van der Waals surface area contributed by atoms with E-state index in [0.717, 1.165) is 41.4 Å². The smallest absolute Gasteiger partial charge is 0.135 e. The molecule has 0 unspecified atom stereocenters. The van der Waals surface area contributed by atoms with Crippen LogP contribution in [0.5, 0.6) is 5.75 Å². The summed E-state index contributed by atoms with van der Waals surface area (Å²) in [6.45, 7) is 4.72. The summed E-state index contributed by atoms with van der Waals surface area (Å²) in [4.78, 5) is 8.86. The van der Waals surface area contributed by atoms with Crippen molar-refractivity contribution in [1.29, 1.82) is 0 Å². The summed E-state index contributed by atoms with van der Waals surface area (Å²) in [5.74, 6) is 3.00. The third-order valence-corrected chi connectivity index (χ3v) is 3.32. The average Bonchev–Trinajstić information content (AvgIpc) is 2.50. The number of nitrogen functional groups attached to an aromatic ring is 1. The first-order valence-electron chi connectivity index (χ1n) is 7.13. The fourth-order valence-corrected chi connectivity index (χ4v) is 2.02. The Morgan fingerprint density at radius 3 is 2.52 bits per heavy atom. The van der Waals surface area contributed by atoms with Crippen LogP contribution in [0, 0.1) is 6.92 Å². The van der Waals surface area contributed by atoms with E-state index in [2.05, 4.69) is 22.2 Å². The topological polar surface area (TPSA) is 73.1 Å². The van der Waals surface area contributed by atoms with Crippen molar-refractivity contribution in [3.05, 3.63) is 41.2 Å². The van der Waals surface area contributed by atoms with E-state index in [-0.39, 0.29) is 0 Å². The van der Waals surface area contributed by atoms with Crippen molar-refractivity contribution in [3.8, 4) is 5.75 Å². The van der Waals surface area contributed by atoms with E-state index < -0.39 is 0 Å². The molecule has 0 saturated carbocycles. The molecule has 0 fully saturated rings. The van der Waals surface area contributed by atoms with Crippen LogP contribution in [0.2, 0.25) is 0 Å². The maximum Gasteiger partial charge on any atom is 0.135 e. The Labute approximate surface area is 125 Å². The van der Waals surface area contributed by atoms with Crippen LogP contribution < -0.4 is 15.8 Å². The van der Waals surface area contributed by atoms with Crippen molar-refractivity contribution in [1.82, 2.24) is 9.97 Å². The lowest BCUT2D eigenvalue weighted by Crippen LogP contribution is -2.09. The molecule has 112 valence electrons. The summed E-state index contributed by atoms with van der Waals surface area (Å²) < 4.78 is 5.15. The number of hydrogen-bond donors (Lipinski definition) is 2. The Morgan fingerprint density at radius 1 is 1.19 bits per heavy atom. The maximum absolute atomic E-state index is 5.95. The molecule has 0 spiro atoms. The third kappa shape index (κ3) is 3.84. The van der Waals surface area contributed by atoms with Crippen LogP contribution in [0.4, 0.5) is 11.6 Å². The third-order valence-electron chi connectivity index (χ3n) is 3.32. The maximum atomic E-state index is 5.95. The van der Waals surface area contributed by atoms with Crippen molar-refractivity contribution in [2.45, 2.75) is 33.2 Å². The molecular formula is C16H22N4O. The number of hydrogen-bond acceptors (Lipinski definition) is 5. The lowest BCUT2D eigenvalue weighted by molar-refractivity contribution is 0.414. The van der Waals surface area contributed by atoms with Gasteiger partial charge in [0.1, 0.15) is 23.2 Å². The van der Waals surface area contributed by atoms with E-state index in [9.17, 15) is 0 Å². The zero-order chi connectivity index (χ0) is 15.2. The van der Waals surface area contributed by atoms with E-state index in [1.165, 1.54) is 0 Å². The molecule has 0 bridgehead atoms. The minimum Gasteiger partial charge on any atom is -0.497 e. The second kappa shape index (κ2) is 6.92. The number of ether oxygens (including phenoxy) is 1. The highest BCUT2D eigenvalue weighted by molar-refractivity contribution is 5.55. The first-order chi connectivity index (χ1) is 10.1. The zero-order valence-electron chi connectivity index (χ0n) is 12.8. The lowest BCUT2D eigenvalue weighted by Gasteiger charge is -2.12. The van der Waals surface area contributed by atoms with Gasteiger partial charge >= 0.3 is 0 Å². The number of rotatable bonds is 6. The Balaban J connectivity index is 2.11. The van der Waals surface area contributed by atoms with E-state index in [4.69, 9.17) is 10.5 Å². The van der Waals surface area contributed by atoms with Crippen LogP contribution in [0.15, 0.2) is 24.3 Å². The molecule has 1 heterocycles. The quantitative estimate of drug-likeness (QED) is 0.854. The van der Waals surface area contributed by atoms with Gasteiger partial charge in [0.15, 0.2) is 0 Å². The Morgan fingerprint density at radius 2 is 1.90 bits per heavy atom. The van der Waals surface area contributed by atoms with Gasteiger partial charge in [-0.25, -0.2) is 9.97 Å². The van der Waals surface area contributed by atoms with Gasteiger partial charge in [0.05, 0.1) is 7.11 Å². The number of methoxy groups -OCH3 is 1. The molecule has 0 aliphatic heterocycles. The predicted molar refractivity (Wildman–Crippen MR) is 85.5 cm³/mol. The van der Waals surface area contributed by atoms with Crippen LogP contribution in [-0.2, 0) is 13.0 Å². The summed E-state index contributed by atoms with van der Waals surface area (Å²) in [5.41, 5.74) is 8.00. The van der Waals surface area contributed by atoms with Crippen molar-refractivity contribution < 1.29 is 4.74 Å². The molecule has 2 aromatic rings. The fourth-order valence-electron chi connectivity index (χ4n) is 2.02. The molecule has 1 aromatic carbocycles. The van der Waals surface area contributed by atoms with Gasteiger partial charge in [-0.3, -0.25) is 0 Å². The van der Waals surface area contributed by atoms with Gasteiger partial charge in [0.25, 0.3) is 0 Å². The highest BCUT2D eigenvalue weighted by Crippen LogP contribution is 2.19. The first kappa shape index (κ1) is 15.1. The van der Waals surface area contributed by atoms with Crippen molar-refractivity contribution in [2.24, 2.45) is 0 Å². The summed E-state index contributed by atoms with van der Waals surface area (Å²) >= 11 is 0. The van der Waals surface area contributed by atoms with E-state index >= 15 is 0 Å². The molecule has 3 N–H and O–H groups in total. The molecular weight excluding hydrogens is 264 g/mol. The summed E-state index contributed by atoms with van der Waals surface area (Å²) in [6.07, 6.45) is 1.84. The largest absolute Gasteiger partial charge is 0.497 e. The number of nitrogens with zero attached hydrogens (tertiary/aromatic N) is 2. The Kier molecular flexibility index (Phi) is 4.98. The average molecular weight is 286 g/mol. The molecule has 5 heteroatoms. The van der Waals surface area contributed by atoms with Gasteiger partial charge in [-0.2, -0.15) is 0 Å². The second-order valence-corrected chi connectivity index (χ2v) is 4.95. The molecule has 0 amide bonds. The van der Waals surface area contributed by atoms with Crippen LogP contribution in [0.1, 0.15) is 30.3 Å². The predicted octanol–water partition coefficient (Wildman–Crippen LogP) is 2.94. The SMILES string of the molecule is CCCc1nc(N)c(C)c(NCc2ccc(OC)cc2)n1. The Hall–Kier alpha value is -2.30. The van der Waals surface area contributed by atoms with E-state index in [1.807, 2.05) is 31.2 Å². The normalized spacial score (nSPS) is 10.4. The monoisotopic (exact) mass is 286 g/mol. The molecule has 0 aliphatic carbocycles. The molecule has 1 aromatic heterocycles. The number of benzene rings is 1. The lowest BCUT2D eigenvalue weighted by atomic mass is 10.2. The molecule has 0 aliphatic rings. The number of anilines is 2. The van der Waals surface area contributed by atoms with Crippen molar-refractivity contribution in [2.75, 3.05) is 18.2 Å². The zero-order valence-corrected chi connectivity index (χ0v) is 12.8. The standard InChI is InChI=1S/C16H22N4O/c1-4-5-14-19-15(17)11(2)16(20-14)18-10-12-6-8-13(21-3)9-7-12/h6-9H,4-5,10H2,1-3H3,(H3,17,18,19,20). The Bertz CT molecular complexity index is 596. The minimum absolute atomic E-state index is 0.547. The summed E-state index contributed by atoms with van der Waals surface area (Å²) in [7, 11) is 1.66.